The van der Waals surface area contributed by atoms with E-state index in [1.54, 1.807) is 0 Å². The van der Waals surface area contributed by atoms with E-state index in [0.717, 1.165) is 35.7 Å². The highest BCUT2D eigenvalue weighted by Crippen LogP contribution is 2.52. The molecule has 1 aliphatic heterocycles. The number of thiophene rings is 1. The molecule has 1 aliphatic carbocycles. The van der Waals surface area contributed by atoms with Crippen molar-refractivity contribution >= 4 is 111 Å². The molecule has 0 bridgehead atoms. The highest BCUT2D eigenvalue weighted by atomic mass is 32.1. The monoisotopic (exact) mass is 923 g/mol. The molecule has 70 heavy (non-hydrogen) atoms. The molecule has 0 spiro atoms. The Bertz CT molecular complexity index is 3890. The summed E-state index contributed by atoms with van der Waals surface area (Å²) in [6.45, 7) is 18.9. The summed E-state index contributed by atoms with van der Waals surface area (Å²) in [7, 11) is 0.816. The second kappa shape index (κ2) is 15.5. The zero-order valence-corrected chi connectivity index (χ0v) is 42.4. The first-order chi connectivity index (χ1) is 33.7. The average Bonchev–Trinajstić information content (AvgIpc) is 3.88. The Labute approximate surface area is 416 Å². The number of anilines is 5. The Morgan fingerprint density at radius 3 is 1.89 bits per heavy atom. The first-order valence-electron chi connectivity index (χ1n) is 25.2. The molecule has 11 aromatic rings. The third kappa shape index (κ3) is 6.76. The van der Waals surface area contributed by atoms with E-state index in [0.29, 0.717) is 0 Å². The first kappa shape index (κ1) is 43.0. The summed E-state index contributed by atoms with van der Waals surface area (Å²) in [5.74, 6) is 0. The van der Waals surface area contributed by atoms with Gasteiger partial charge in [0.25, 0.3) is 0 Å². The molecular formula is C65H58BN3S. The second-order valence-electron chi connectivity index (χ2n) is 22.6. The average molecular weight is 924 g/mol. The minimum atomic E-state index is 0.0521. The van der Waals surface area contributed by atoms with Gasteiger partial charge in [-0.1, -0.05) is 144 Å². The fraction of sp³-hybridized carbons (Fsp3) is 0.200. The summed E-state index contributed by atoms with van der Waals surface area (Å²) in [6.07, 6.45) is 2.38. The van der Waals surface area contributed by atoms with E-state index in [1.807, 2.05) is 11.3 Å². The van der Waals surface area contributed by atoms with Crippen LogP contribution in [-0.4, -0.2) is 11.8 Å². The Balaban J connectivity index is 1.18. The van der Waals surface area contributed by atoms with Crippen LogP contribution in [0.4, 0.5) is 28.4 Å². The number of rotatable bonds is 6. The molecule has 2 aromatic heterocycles. The summed E-state index contributed by atoms with van der Waals surface area (Å²) in [5, 5.41) is 11.8. The summed E-state index contributed by atoms with van der Waals surface area (Å²) in [5.41, 5.74) is 20.4. The zero-order valence-electron chi connectivity index (χ0n) is 41.6. The van der Waals surface area contributed by atoms with E-state index in [-0.39, 0.29) is 16.2 Å². The molecule has 0 amide bonds. The van der Waals surface area contributed by atoms with E-state index >= 15 is 0 Å². The lowest BCUT2D eigenvalue weighted by molar-refractivity contribution is 0.332. The van der Waals surface area contributed by atoms with Crippen LogP contribution in [0.1, 0.15) is 83.6 Å². The fourth-order valence-electron chi connectivity index (χ4n) is 12.1. The van der Waals surface area contributed by atoms with Crippen LogP contribution < -0.4 is 21.1 Å². The summed E-state index contributed by atoms with van der Waals surface area (Å²) in [6, 6.07) is 64.6. The van der Waals surface area contributed by atoms with Gasteiger partial charge >= 0.3 is 0 Å². The van der Waals surface area contributed by atoms with Crippen LogP contribution in [0.3, 0.4) is 0 Å². The summed E-state index contributed by atoms with van der Waals surface area (Å²) < 4.78 is 5.29. The lowest BCUT2D eigenvalue weighted by Gasteiger charge is -2.41. The molecule has 0 fully saturated rings. The lowest BCUT2D eigenvalue weighted by Crippen LogP contribution is -2.37. The molecule has 9 aromatic carbocycles. The van der Waals surface area contributed by atoms with E-state index < -0.39 is 0 Å². The highest BCUT2D eigenvalue weighted by Gasteiger charge is 2.38. The molecule has 0 saturated carbocycles. The number of hydrogen-bond acceptors (Lipinski definition) is 3. The minimum Gasteiger partial charge on any atom is -0.355 e. The number of nitrogens with one attached hydrogen (secondary N) is 1. The number of fused-ring (bicyclic) bond motifs is 10. The van der Waals surface area contributed by atoms with Crippen molar-refractivity contribution in [2.24, 2.45) is 0 Å². The van der Waals surface area contributed by atoms with Gasteiger partial charge in [-0.3, -0.25) is 0 Å². The van der Waals surface area contributed by atoms with Crippen LogP contribution in [0.2, 0.25) is 0 Å². The SMILES string of the molecule is Cc1ccc2c(c1)Bc1c(-c3cc4sc5cc6c(cc5c4cc3Nc3ccc(C(C)(C)C)cc3)C(C)(C)CCC6(C)C)cc(N(c3ccccc3)c3ccccc3)c3c4cc5ccccc5cc4n-2c13. The van der Waals surface area contributed by atoms with Crippen molar-refractivity contribution in [2.45, 2.75) is 84.5 Å². The molecule has 1 N–H and O–H groups in total. The normalized spacial score (nSPS) is 14.8. The molecular weight excluding hydrogens is 866 g/mol. The summed E-state index contributed by atoms with van der Waals surface area (Å²) in [4.78, 5) is 2.50. The largest absolute Gasteiger partial charge is 0.355 e. The van der Waals surface area contributed by atoms with E-state index in [2.05, 4.69) is 240 Å². The van der Waals surface area contributed by atoms with Crippen molar-refractivity contribution in [2.75, 3.05) is 10.2 Å². The zero-order chi connectivity index (χ0) is 47.8. The van der Waals surface area contributed by atoms with Crippen molar-refractivity contribution in [3.63, 3.8) is 0 Å². The van der Waals surface area contributed by atoms with Gasteiger partial charge in [0.05, 0.1) is 16.7 Å². The van der Waals surface area contributed by atoms with E-state index in [9.17, 15) is 0 Å². The molecule has 0 saturated heterocycles. The molecule has 0 unspecified atom stereocenters. The van der Waals surface area contributed by atoms with Crippen LogP contribution >= 0.6 is 11.3 Å². The standard InChI is InChI=1S/C65H58BN3S/c1-39-23-28-55-53(31-39)66-61-49(36-57(68(44-19-11-9-12-20-44)45-21-13-10-14-22-45)60-50-32-40-17-15-16-18-41(40)33-56(50)69(55)62(60)61)46-37-58-48(35-54(46)67-43-26-24-42(25-27-43)63(2,3)4)47-34-51-52(38-59(47)70-58)65(7,8)30-29-64(51,5)6/h9-28,31-38,66-67H,29-30H2,1-8H3. The van der Waals surface area contributed by atoms with Gasteiger partial charge in [0.15, 0.2) is 7.28 Å². The third-order valence-electron chi connectivity index (χ3n) is 16.0. The Morgan fingerprint density at radius 1 is 0.600 bits per heavy atom. The predicted molar refractivity (Wildman–Crippen MR) is 306 cm³/mol. The number of aryl methyl sites for hydroxylation is 1. The number of aromatic nitrogens is 1. The Hall–Kier alpha value is -7.08. The van der Waals surface area contributed by atoms with Crippen molar-refractivity contribution in [3.8, 4) is 16.8 Å². The fourth-order valence-corrected chi connectivity index (χ4v) is 13.2. The molecule has 5 heteroatoms. The number of para-hydroxylation sites is 2. The van der Waals surface area contributed by atoms with Crippen molar-refractivity contribution < 1.29 is 0 Å². The molecule has 342 valence electrons. The minimum absolute atomic E-state index is 0.0521. The highest BCUT2D eigenvalue weighted by molar-refractivity contribution is 7.25. The van der Waals surface area contributed by atoms with Crippen LogP contribution in [0, 0.1) is 6.92 Å². The van der Waals surface area contributed by atoms with Crippen LogP contribution in [0.25, 0.3) is 69.6 Å². The van der Waals surface area contributed by atoms with Crippen molar-refractivity contribution in [3.05, 3.63) is 192 Å². The third-order valence-corrected chi connectivity index (χ3v) is 17.1. The number of hydrogen-bond donors (Lipinski definition) is 1. The lowest BCUT2D eigenvalue weighted by atomic mass is 9.58. The Kier molecular flexibility index (Phi) is 9.49. The smallest absolute Gasteiger partial charge is 0.198 e. The Morgan fingerprint density at radius 2 is 1.21 bits per heavy atom. The first-order valence-corrected chi connectivity index (χ1v) is 26.0. The predicted octanol–water partition coefficient (Wildman–Crippen LogP) is 16.8. The molecule has 0 atom stereocenters. The van der Waals surface area contributed by atoms with Gasteiger partial charge in [-0.15, -0.1) is 11.3 Å². The van der Waals surface area contributed by atoms with Crippen LogP contribution in [0.5, 0.6) is 0 Å². The maximum absolute atomic E-state index is 4.09. The maximum atomic E-state index is 4.09. The topological polar surface area (TPSA) is 20.2 Å². The van der Waals surface area contributed by atoms with Gasteiger partial charge in [-0.25, -0.2) is 0 Å². The van der Waals surface area contributed by atoms with E-state index in [4.69, 9.17) is 0 Å². The number of nitrogens with zero attached hydrogens (tertiary/aromatic N) is 2. The number of benzene rings is 9. The van der Waals surface area contributed by atoms with Gasteiger partial charge in [0.1, 0.15) is 0 Å². The van der Waals surface area contributed by atoms with Gasteiger partial charge in [-0.05, 0) is 159 Å². The maximum Gasteiger partial charge on any atom is 0.198 e. The molecule has 0 radical (unpaired) electrons. The molecule has 3 heterocycles. The van der Waals surface area contributed by atoms with Crippen LogP contribution in [-0.2, 0) is 16.2 Å². The van der Waals surface area contributed by atoms with Gasteiger partial charge in [0.2, 0.25) is 0 Å². The molecule has 2 aliphatic rings. The van der Waals surface area contributed by atoms with Crippen molar-refractivity contribution in [1.29, 1.82) is 0 Å². The summed E-state index contributed by atoms with van der Waals surface area (Å²) >= 11 is 1.95. The van der Waals surface area contributed by atoms with Crippen LogP contribution in [0.15, 0.2) is 170 Å². The van der Waals surface area contributed by atoms with Gasteiger partial charge in [0, 0.05) is 64.9 Å². The van der Waals surface area contributed by atoms with Gasteiger partial charge < -0.3 is 14.8 Å². The quantitative estimate of drug-likeness (QED) is 0.168. The van der Waals surface area contributed by atoms with E-state index in [1.165, 1.54) is 116 Å². The molecule has 13 rings (SSSR count). The van der Waals surface area contributed by atoms with Gasteiger partial charge in [-0.2, -0.15) is 0 Å². The second-order valence-corrected chi connectivity index (χ2v) is 23.7. The molecule has 3 nitrogen and oxygen atoms in total. The van der Waals surface area contributed by atoms with Crippen molar-refractivity contribution in [1.82, 2.24) is 4.57 Å².